The Labute approximate surface area is 126 Å². The van der Waals surface area contributed by atoms with Crippen molar-refractivity contribution in [2.45, 2.75) is 11.3 Å². The van der Waals surface area contributed by atoms with E-state index in [1.165, 1.54) is 35.4 Å². The molecule has 3 rings (SSSR count). The summed E-state index contributed by atoms with van der Waals surface area (Å²) in [4.78, 5) is 26.6. The average Bonchev–Trinajstić information content (AvgIpc) is 2.76. The van der Waals surface area contributed by atoms with Crippen molar-refractivity contribution >= 4 is 27.3 Å². The van der Waals surface area contributed by atoms with Gasteiger partial charge in [-0.05, 0) is 29.8 Å². The van der Waals surface area contributed by atoms with Gasteiger partial charge in [0.15, 0.2) is 0 Å². The molecular weight excluding hydrogens is 306 g/mol. The Hall–Kier alpha value is -2.61. The zero-order chi connectivity index (χ0) is 15.9. The lowest BCUT2D eigenvalue weighted by atomic mass is 10.2. The molecule has 0 atom stereocenters. The quantitative estimate of drug-likeness (QED) is 0.869. The molecule has 2 N–H and O–H groups in total. The van der Waals surface area contributed by atoms with Gasteiger partial charge in [0, 0.05) is 25.0 Å². The fraction of sp³-hybridized carbons (Fsp3) is 0.143. The summed E-state index contributed by atoms with van der Waals surface area (Å²) in [6.07, 6.45) is 1.47. The monoisotopic (exact) mass is 319 g/mol. The molecule has 0 radical (unpaired) electrons. The van der Waals surface area contributed by atoms with E-state index in [-0.39, 0.29) is 28.5 Å². The van der Waals surface area contributed by atoms with E-state index in [9.17, 15) is 18.0 Å². The van der Waals surface area contributed by atoms with Crippen molar-refractivity contribution in [2.24, 2.45) is 0 Å². The minimum absolute atomic E-state index is 0.0700. The predicted molar refractivity (Wildman–Crippen MR) is 81.4 cm³/mol. The molecule has 7 nitrogen and oxygen atoms in total. The van der Waals surface area contributed by atoms with Crippen LogP contribution in [0.2, 0.25) is 0 Å². The molecule has 0 saturated heterocycles. The molecule has 1 aliphatic heterocycles. The SMILES string of the molecule is CN1C(=O)Cc2cc(S(=O)(=O)Nc3ccc(=O)[nH]c3)ccc21. The Morgan fingerprint density at radius 3 is 2.64 bits per heavy atom. The van der Waals surface area contributed by atoms with E-state index >= 15 is 0 Å². The maximum atomic E-state index is 12.3. The van der Waals surface area contributed by atoms with Crippen LogP contribution in [0, 0.1) is 0 Å². The summed E-state index contributed by atoms with van der Waals surface area (Å²) in [6, 6.07) is 7.16. The smallest absolute Gasteiger partial charge is 0.261 e. The number of carbonyl (C=O) groups excluding carboxylic acids is 1. The van der Waals surface area contributed by atoms with Crippen LogP contribution in [0.1, 0.15) is 5.56 Å². The molecule has 8 heteroatoms. The number of nitrogens with zero attached hydrogens (tertiary/aromatic N) is 1. The highest BCUT2D eigenvalue weighted by Crippen LogP contribution is 2.30. The summed E-state index contributed by atoms with van der Waals surface area (Å²) in [5.41, 5.74) is 1.33. The first-order valence-corrected chi connectivity index (χ1v) is 7.96. The molecule has 1 aromatic carbocycles. The van der Waals surface area contributed by atoms with Gasteiger partial charge in [-0.3, -0.25) is 14.3 Å². The molecule has 0 unspecified atom stereocenters. The van der Waals surface area contributed by atoms with Gasteiger partial charge in [-0.2, -0.15) is 0 Å². The van der Waals surface area contributed by atoms with Gasteiger partial charge >= 0.3 is 0 Å². The van der Waals surface area contributed by atoms with Crippen molar-refractivity contribution in [2.75, 3.05) is 16.7 Å². The lowest BCUT2D eigenvalue weighted by Crippen LogP contribution is -2.20. The zero-order valence-corrected chi connectivity index (χ0v) is 12.5. The van der Waals surface area contributed by atoms with Crippen LogP contribution in [0.4, 0.5) is 11.4 Å². The highest BCUT2D eigenvalue weighted by molar-refractivity contribution is 7.92. The zero-order valence-electron chi connectivity index (χ0n) is 11.7. The molecule has 2 aromatic rings. The van der Waals surface area contributed by atoms with Crippen LogP contribution in [0.15, 0.2) is 46.2 Å². The number of H-pyrrole nitrogens is 1. The summed E-state index contributed by atoms with van der Waals surface area (Å²) in [5, 5.41) is 0. The number of carbonyl (C=O) groups is 1. The number of nitrogens with one attached hydrogen (secondary N) is 2. The molecule has 1 aliphatic rings. The van der Waals surface area contributed by atoms with Crippen LogP contribution in [-0.4, -0.2) is 26.4 Å². The first kappa shape index (κ1) is 14.3. The molecule has 114 valence electrons. The molecule has 0 aliphatic carbocycles. The Bertz CT molecular complexity index is 897. The van der Waals surface area contributed by atoms with Crippen LogP contribution in [0.25, 0.3) is 0 Å². The second-order valence-electron chi connectivity index (χ2n) is 4.97. The maximum absolute atomic E-state index is 12.3. The number of fused-ring (bicyclic) bond motifs is 1. The number of sulfonamides is 1. The van der Waals surface area contributed by atoms with Crippen molar-refractivity contribution < 1.29 is 13.2 Å². The number of benzene rings is 1. The summed E-state index contributed by atoms with van der Waals surface area (Å²) in [7, 11) is -2.13. The summed E-state index contributed by atoms with van der Waals surface area (Å²) in [6.45, 7) is 0. The molecule has 1 amide bonds. The Morgan fingerprint density at radius 2 is 1.95 bits per heavy atom. The highest BCUT2D eigenvalue weighted by atomic mass is 32.2. The third-order valence-corrected chi connectivity index (χ3v) is 4.85. The fourth-order valence-electron chi connectivity index (χ4n) is 2.30. The van der Waals surface area contributed by atoms with E-state index in [1.807, 2.05) is 0 Å². The van der Waals surface area contributed by atoms with E-state index < -0.39 is 10.0 Å². The number of hydrogen-bond acceptors (Lipinski definition) is 4. The van der Waals surface area contributed by atoms with E-state index in [0.717, 1.165) is 0 Å². The average molecular weight is 319 g/mol. The lowest BCUT2D eigenvalue weighted by molar-refractivity contribution is -0.117. The number of aromatic amines is 1. The van der Waals surface area contributed by atoms with Gasteiger partial charge in [0.1, 0.15) is 0 Å². The normalized spacial score (nSPS) is 14.0. The van der Waals surface area contributed by atoms with Gasteiger partial charge in [-0.25, -0.2) is 8.42 Å². The van der Waals surface area contributed by atoms with Gasteiger partial charge < -0.3 is 9.88 Å². The van der Waals surface area contributed by atoms with Gasteiger partial charge in [0.05, 0.1) is 17.0 Å². The van der Waals surface area contributed by atoms with Crippen LogP contribution < -0.4 is 15.2 Å². The Morgan fingerprint density at radius 1 is 1.18 bits per heavy atom. The van der Waals surface area contributed by atoms with E-state index in [2.05, 4.69) is 9.71 Å². The summed E-state index contributed by atoms with van der Waals surface area (Å²) < 4.78 is 27.1. The first-order valence-electron chi connectivity index (χ1n) is 6.48. The summed E-state index contributed by atoms with van der Waals surface area (Å²) in [5.74, 6) is -0.0712. The fourth-order valence-corrected chi connectivity index (χ4v) is 3.40. The van der Waals surface area contributed by atoms with Crippen molar-refractivity contribution in [3.63, 3.8) is 0 Å². The lowest BCUT2D eigenvalue weighted by Gasteiger charge is -2.11. The first-order chi connectivity index (χ1) is 10.4. The predicted octanol–water partition coefficient (Wildman–Crippen LogP) is 0.695. The van der Waals surface area contributed by atoms with Crippen LogP contribution in [-0.2, 0) is 21.2 Å². The molecule has 0 spiro atoms. The molecule has 0 saturated carbocycles. The number of hydrogen-bond donors (Lipinski definition) is 2. The number of anilines is 2. The van der Waals surface area contributed by atoms with Crippen LogP contribution >= 0.6 is 0 Å². The third-order valence-electron chi connectivity index (χ3n) is 3.47. The number of amides is 1. The molecule has 0 bridgehead atoms. The van der Waals surface area contributed by atoms with Crippen molar-refractivity contribution in [1.29, 1.82) is 0 Å². The number of pyridine rings is 1. The van der Waals surface area contributed by atoms with Crippen molar-refractivity contribution in [3.8, 4) is 0 Å². The minimum Gasteiger partial charge on any atom is -0.327 e. The summed E-state index contributed by atoms with van der Waals surface area (Å²) >= 11 is 0. The minimum atomic E-state index is -3.78. The number of rotatable bonds is 3. The van der Waals surface area contributed by atoms with E-state index in [0.29, 0.717) is 11.3 Å². The largest absolute Gasteiger partial charge is 0.327 e. The Kier molecular flexibility index (Phi) is 3.25. The van der Waals surface area contributed by atoms with Gasteiger partial charge in [-0.1, -0.05) is 0 Å². The third kappa shape index (κ3) is 2.48. The van der Waals surface area contributed by atoms with Gasteiger partial charge in [0.25, 0.3) is 10.0 Å². The van der Waals surface area contributed by atoms with E-state index in [4.69, 9.17) is 0 Å². The number of aromatic nitrogens is 1. The van der Waals surface area contributed by atoms with Crippen molar-refractivity contribution in [3.05, 3.63) is 52.4 Å². The van der Waals surface area contributed by atoms with E-state index in [1.54, 1.807) is 13.1 Å². The topological polar surface area (TPSA) is 99.3 Å². The maximum Gasteiger partial charge on any atom is 0.261 e. The molecular formula is C14H13N3O4S. The van der Waals surface area contributed by atoms with Crippen LogP contribution in [0.5, 0.6) is 0 Å². The molecule has 1 aromatic heterocycles. The van der Waals surface area contributed by atoms with Crippen LogP contribution in [0.3, 0.4) is 0 Å². The second-order valence-corrected chi connectivity index (χ2v) is 6.65. The molecule has 22 heavy (non-hydrogen) atoms. The Balaban J connectivity index is 1.93. The van der Waals surface area contributed by atoms with Gasteiger partial charge in [-0.15, -0.1) is 0 Å². The highest BCUT2D eigenvalue weighted by Gasteiger charge is 2.26. The standard InChI is InChI=1S/C14H13N3O4S/c1-17-12-4-3-11(6-9(12)7-14(17)19)22(20,21)16-10-2-5-13(18)15-8-10/h2-6,8,16H,7H2,1H3,(H,15,18). The van der Waals surface area contributed by atoms with Gasteiger partial charge in [0.2, 0.25) is 11.5 Å². The second kappa shape index (κ2) is 4.99. The number of likely N-dealkylation sites (N-methyl/N-ethyl adjacent to an activating group) is 1. The molecule has 2 heterocycles. The molecule has 0 fully saturated rings. The van der Waals surface area contributed by atoms with Crippen molar-refractivity contribution in [1.82, 2.24) is 4.98 Å².